The maximum absolute atomic E-state index is 10.9. The van der Waals surface area contributed by atoms with Gasteiger partial charge >= 0.3 is 6.03 Å². The lowest BCUT2D eigenvalue weighted by Crippen LogP contribution is -2.46. The van der Waals surface area contributed by atoms with Gasteiger partial charge in [0.05, 0.1) is 0 Å². The summed E-state index contributed by atoms with van der Waals surface area (Å²) in [4.78, 5) is 12.7. The minimum atomic E-state index is -0.253. The number of amides is 2. The third-order valence-electron chi connectivity index (χ3n) is 2.38. The minimum Gasteiger partial charge on any atom is -0.351 e. The largest absolute Gasteiger partial charge is 0.351 e. The van der Waals surface area contributed by atoms with Gasteiger partial charge in [0.15, 0.2) is 0 Å². The monoisotopic (exact) mass is 156 g/mol. The molecule has 0 aliphatic carbocycles. The van der Waals surface area contributed by atoms with Crippen LogP contribution in [0.3, 0.4) is 0 Å². The lowest BCUT2D eigenvalue weighted by Gasteiger charge is -2.33. The number of urea groups is 1. The van der Waals surface area contributed by atoms with E-state index in [1.807, 2.05) is 0 Å². The summed E-state index contributed by atoms with van der Waals surface area (Å²) in [6, 6.07) is 0.151. The number of primary amides is 1. The first-order valence-corrected chi connectivity index (χ1v) is 4.31. The second-order valence-electron chi connectivity index (χ2n) is 3.09. The summed E-state index contributed by atoms with van der Waals surface area (Å²) in [6.07, 6.45) is 4.50. The van der Waals surface area contributed by atoms with Crippen molar-refractivity contribution in [3.8, 4) is 0 Å². The van der Waals surface area contributed by atoms with Crippen LogP contribution in [0.4, 0.5) is 4.79 Å². The van der Waals surface area contributed by atoms with E-state index in [1.165, 1.54) is 6.42 Å². The van der Waals surface area contributed by atoms with E-state index in [2.05, 4.69) is 6.92 Å². The zero-order valence-electron chi connectivity index (χ0n) is 7.05. The highest BCUT2D eigenvalue weighted by atomic mass is 16.2. The molecule has 1 fully saturated rings. The fourth-order valence-electron chi connectivity index (χ4n) is 1.72. The fraction of sp³-hybridized carbons (Fsp3) is 0.875. The maximum Gasteiger partial charge on any atom is 0.315 e. The van der Waals surface area contributed by atoms with Crippen molar-refractivity contribution in [1.82, 2.24) is 4.90 Å². The summed E-state index contributed by atoms with van der Waals surface area (Å²) in [5, 5.41) is 0. The smallest absolute Gasteiger partial charge is 0.315 e. The zero-order valence-corrected chi connectivity index (χ0v) is 7.05. The number of carbonyl (C=O) groups excluding carboxylic acids is 1. The van der Waals surface area contributed by atoms with Gasteiger partial charge in [-0.15, -0.1) is 0 Å². The quantitative estimate of drug-likeness (QED) is 0.611. The summed E-state index contributed by atoms with van der Waals surface area (Å²) >= 11 is 0. The molecule has 1 aliphatic rings. The lowest BCUT2D eigenvalue weighted by atomic mass is 10.0. The van der Waals surface area contributed by atoms with Gasteiger partial charge in [-0.2, -0.15) is 0 Å². The van der Waals surface area contributed by atoms with E-state index < -0.39 is 0 Å². The van der Waals surface area contributed by atoms with Gasteiger partial charge in [-0.3, -0.25) is 0 Å². The van der Waals surface area contributed by atoms with Crippen molar-refractivity contribution in [3.05, 3.63) is 0 Å². The Balaban J connectivity index is 2.51. The number of nitrogens with zero attached hydrogens (tertiary/aromatic N) is 1. The molecule has 0 aromatic rings. The van der Waals surface area contributed by atoms with Crippen LogP contribution in [0, 0.1) is 0 Å². The van der Waals surface area contributed by atoms with Crippen LogP contribution < -0.4 is 5.73 Å². The molecule has 2 amide bonds. The summed E-state index contributed by atoms with van der Waals surface area (Å²) in [5.41, 5.74) is 5.22. The van der Waals surface area contributed by atoms with E-state index in [1.54, 1.807) is 4.90 Å². The topological polar surface area (TPSA) is 46.3 Å². The van der Waals surface area contributed by atoms with Crippen LogP contribution in [-0.2, 0) is 0 Å². The Morgan fingerprint density at radius 3 is 2.82 bits per heavy atom. The lowest BCUT2D eigenvalue weighted by molar-refractivity contribution is 0.157. The Morgan fingerprint density at radius 1 is 1.64 bits per heavy atom. The van der Waals surface area contributed by atoms with Crippen molar-refractivity contribution in [3.63, 3.8) is 0 Å². The van der Waals surface area contributed by atoms with Gasteiger partial charge in [0.25, 0.3) is 0 Å². The molecule has 0 radical (unpaired) electrons. The Hall–Kier alpha value is -0.730. The van der Waals surface area contributed by atoms with Crippen LogP contribution >= 0.6 is 0 Å². The first-order valence-electron chi connectivity index (χ1n) is 4.31. The van der Waals surface area contributed by atoms with Gasteiger partial charge < -0.3 is 10.6 Å². The van der Waals surface area contributed by atoms with E-state index in [0.29, 0.717) is 6.04 Å². The SMILES string of the molecule is CC[C@H]1CCCCN1C(N)=O. The van der Waals surface area contributed by atoms with Crippen LogP contribution in [-0.4, -0.2) is 23.5 Å². The molecule has 0 saturated carbocycles. The third-order valence-corrected chi connectivity index (χ3v) is 2.38. The predicted molar refractivity (Wildman–Crippen MR) is 44.2 cm³/mol. The van der Waals surface area contributed by atoms with E-state index in [-0.39, 0.29) is 6.03 Å². The molecule has 64 valence electrons. The standard InChI is InChI=1S/C8H16N2O/c1-2-7-5-3-4-6-10(7)8(9)11/h7H,2-6H2,1H3,(H2,9,11)/t7-/m0/s1. The summed E-state index contributed by atoms with van der Waals surface area (Å²) in [7, 11) is 0. The molecule has 1 aliphatic heterocycles. The van der Waals surface area contributed by atoms with Gasteiger partial charge in [-0.25, -0.2) is 4.79 Å². The third kappa shape index (κ3) is 1.85. The molecule has 1 atom stereocenters. The molecule has 0 bridgehead atoms. The normalized spacial score (nSPS) is 25.2. The summed E-state index contributed by atoms with van der Waals surface area (Å²) in [5.74, 6) is 0. The minimum absolute atomic E-state index is 0.253. The van der Waals surface area contributed by atoms with Crippen molar-refractivity contribution in [1.29, 1.82) is 0 Å². The highest BCUT2D eigenvalue weighted by Crippen LogP contribution is 2.18. The first-order chi connectivity index (χ1) is 5.25. The molecule has 1 heterocycles. The van der Waals surface area contributed by atoms with Crippen molar-refractivity contribution >= 4 is 6.03 Å². The molecule has 2 N–H and O–H groups in total. The Bertz CT molecular complexity index is 147. The van der Waals surface area contributed by atoms with Crippen LogP contribution in [0.15, 0.2) is 0 Å². The molecule has 0 aromatic carbocycles. The molecular weight excluding hydrogens is 140 g/mol. The van der Waals surface area contributed by atoms with Crippen LogP contribution in [0.25, 0.3) is 0 Å². The zero-order chi connectivity index (χ0) is 8.27. The first kappa shape index (κ1) is 8.37. The number of hydrogen-bond donors (Lipinski definition) is 1. The molecule has 11 heavy (non-hydrogen) atoms. The van der Waals surface area contributed by atoms with Crippen LogP contribution in [0.1, 0.15) is 32.6 Å². The molecule has 1 rings (SSSR count). The molecule has 1 saturated heterocycles. The van der Waals surface area contributed by atoms with E-state index in [0.717, 1.165) is 25.8 Å². The van der Waals surface area contributed by atoms with Gasteiger partial charge in [0, 0.05) is 12.6 Å². The number of rotatable bonds is 1. The molecule has 3 nitrogen and oxygen atoms in total. The Labute approximate surface area is 67.5 Å². The van der Waals surface area contributed by atoms with Gasteiger partial charge in [0.1, 0.15) is 0 Å². The molecule has 0 unspecified atom stereocenters. The number of hydrogen-bond acceptors (Lipinski definition) is 1. The maximum atomic E-state index is 10.9. The van der Waals surface area contributed by atoms with Gasteiger partial charge in [0.2, 0.25) is 0 Å². The number of likely N-dealkylation sites (tertiary alicyclic amines) is 1. The summed E-state index contributed by atoms with van der Waals surface area (Å²) in [6.45, 7) is 2.96. The van der Waals surface area contributed by atoms with Crippen molar-refractivity contribution in [2.75, 3.05) is 6.54 Å². The molecular formula is C8H16N2O. The average Bonchev–Trinajstić information content (AvgIpc) is 2.04. The van der Waals surface area contributed by atoms with E-state index >= 15 is 0 Å². The molecule has 0 spiro atoms. The van der Waals surface area contributed by atoms with Crippen molar-refractivity contribution in [2.45, 2.75) is 38.6 Å². The fourth-order valence-corrected chi connectivity index (χ4v) is 1.72. The Morgan fingerprint density at radius 2 is 2.36 bits per heavy atom. The van der Waals surface area contributed by atoms with Gasteiger partial charge in [-0.05, 0) is 25.7 Å². The van der Waals surface area contributed by atoms with E-state index in [9.17, 15) is 4.79 Å². The highest BCUT2D eigenvalue weighted by Gasteiger charge is 2.22. The van der Waals surface area contributed by atoms with Crippen LogP contribution in [0.2, 0.25) is 0 Å². The second-order valence-corrected chi connectivity index (χ2v) is 3.09. The Kier molecular flexibility index (Phi) is 2.74. The number of nitrogens with two attached hydrogens (primary N) is 1. The number of carbonyl (C=O) groups is 1. The van der Waals surface area contributed by atoms with Gasteiger partial charge in [-0.1, -0.05) is 6.92 Å². The van der Waals surface area contributed by atoms with Crippen molar-refractivity contribution in [2.24, 2.45) is 5.73 Å². The second kappa shape index (κ2) is 3.60. The number of piperidine rings is 1. The summed E-state index contributed by atoms with van der Waals surface area (Å²) < 4.78 is 0. The van der Waals surface area contributed by atoms with Crippen LogP contribution in [0.5, 0.6) is 0 Å². The average molecular weight is 156 g/mol. The highest BCUT2D eigenvalue weighted by molar-refractivity contribution is 5.72. The predicted octanol–water partition coefficient (Wildman–Crippen LogP) is 1.33. The van der Waals surface area contributed by atoms with E-state index in [4.69, 9.17) is 5.73 Å². The van der Waals surface area contributed by atoms with Crippen molar-refractivity contribution < 1.29 is 4.79 Å². The molecule has 0 aromatic heterocycles. The molecule has 3 heteroatoms.